The number of rotatable bonds is 4. The van der Waals surface area contributed by atoms with Gasteiger partial charge >= 0.3 is 0 Å². The molecule has 1 aromatic rings. The van der Waals surface area contributed by atoms with Crippen molar-refractivity contribution in [3.8, 4) is 5.75 Å². The van der Waals surface area contributed by atoms with Gasteiger partial charge in [0.2, 0.25) is 5.96 Å². The maximum atomic E-state index is 5.57. The van der Waals surface area contributed by atoms with Crippen LogP contribution in [-0.4, -0.2) is 32.2 Å². The fourth-order valence-corrected chi connectivity index (χ4v) is 2.52. The zero-order valence-corrected chi connectivity index (χ0v) is 10.6. The van der Waals surface area contributed by atoms with E-state index in [1.807, 2.05) is 19.1 Å². The topological polar surface area (TPSA) is 28.1 Å². The standard InChI is InChI=1S/C14H17N3O/c1-3-8-16-12-6-5-11(18-4-2)10-13(12)17-9-7-15-14(16)17/h3,5-6,10H,1,4,7-9H2,2H3. The summed E-state index contributed by atoms with van der Waals surface area (Å²) >= 11 is 0. The van der Waals surface area contributed by atoms with Crippen LogP contribution in [0.1, 0.15) is 6.92 Å². The van der Waals surface area contributed by atoms with Gasteiger partial charge in [0.1, 0.15) is 5.75 Å². The van der Waals surface area contributed by atoms with Gasteiger partial charge in [-0.15, -0.1) is 6.58 Å². The van der Waals surface area contributed by atoms with E-state index in [0.29, 0.717) is 6.61 Å². The Morgan fingerprint density at radius 1 is 1.44 bits per heavy atom. The first-order valence-corrected chi connectivity index (χ1v) is 6.32. The lowest BCUT2D eigenvalue weighted by Crippen LogP contribution is -2.35. The highest BCUT2D eigenvalue weighted by Crippen LogP contribution is 2.40. The molecule has 0 radical (unpaired) electrons. The molecule has 2 heterocycles. The molecule has 2 aliphatic rings. The number of benzene rings is 1. The van der Waals surface area contributed by atoms with Crippen molar-refractivity contribution in [2.45, 2.75) is 6.92 Å². The third-order valence-electron chi connectivity index (χ3n) is 3.21. The van der Waals surface area contributed by atoms with Crippen molar-refractivity contribution in [3.05, 3.63) is 30.9 Å². The molecular formula is C14H17N3O. The third kappa shape index (κ3) is 1.56. The van der Waals surface area contributed by atoms with Crippen molar-refractivity contribution >= 4 is 17.3 Å². The summed E-state index contributed by atoms with van der Waals surface area (Å²) in [5, 5.41) is 0. The molecule has 0 aliphatic carbocycles. The van der Waals surface area contributed by atoms with Crippen molar-refractivity contribution in [1.82, 2.24) is 0 Å². The van der Waals surface area contributed by atoms with Gasteiger partial charge < -0.3 is 14.5 Å². The number of aliphatic imine (C=N–C) groups is 1. The Morgan fingerprint density at radius 2 is 2.33 bits per heavy atom. The molecule has 4 heteroatoms. The number of fused-ring (bicyclic) bond motifs is 3. The zero-order chi connectivity index (χ0) is 12.5. The molecule has 0 saturated carbocycles. The van der Waals surface area contributed by atoms with E-state index in [1.54, 1.807) is 0 Å². The molecule has 0 amide bonds. The summed E-state index contributed by atoms with van der Waals surface area (Å²) in [5.74, 6) is 1.96. The molecule has 4 nitrogen and oxygen atoms in total. The smallest absolute Gasteiger partial charge is 0.206 e. The number of ether oxygens (including phenoxy) is 1. The van der Waals surface area contributed by atoms with Crippen molar-refractivity contribution in [2.75, 3.05) is 36.0 Å². The first kappa shape index (κ1) is 11.1. The summed E-state index contributed by atoms with van der Waals surface area (Å²) < 4.78 is 5.57. The lowest BCUT2D eigenvalue weighted by atomic mass is 10.2. The Bertz CT molecular complexity index is 510. The van der Waals surface area contributed by atoms with Crippen LogP contribution in [-0.2, 0) is 0 Å². The van der Waals surface area contributed by atoms with Crippen LogP contribution < -0.4 is 14.5 Å². The van der Waals surface area contributed by atoms with Crippen LogP contribution in [0.2, 0.25) is 0 Å². The molecule has 0 fully saturated rings. The maximum absolute atomic E-state index is 5.57. The molecule has 0 saturated heterocycles. The molecule has 0 atom stereocenters. The van der Waals surface area contributed by atoms with Crippen LogP contribution in [0.25, 0.3) is 0 Å². The predicted molar refractivity (Wildman–Crippen MR) is 74.8 cm³/mol. The van der Waals surface area contributed by atoms with Gasteiger partial charge in [-0.05, 0) is 19.1 Å². The summed E-state index contributed by atoms with van der Waals surface area (Å²) in [5.41, 5.74) is 2.39. The summed E-state index contributed by atoms with van der Waals surface area (Å²) in [4.78, 5) is 9.02. The number of anilines is 2. The van der Waals surface area contributed by atoms with Crippen LogP contribution in [0.3, 0.4) is 0 Å². The molecule has 0 spiro atoms. The Hall–Kier alpha value is -1.97. The molecule has 0 bridgehead atoms. The Labute approximate surface area is 107 Å². The monoisotopic (exact) mass is 243 g/mol. The van der Waals surface area contributed by atoms with Crippen molar-refractivity contribution in [3.63, 3.8) is 0 Å². The SMILES string of the molecule is C=CCN1C2=NCCN2c2cc(OCC)ccc21. The lowest BCUT2D eigenvalue weighted by Gasteiger charge is -2.16. The van der Waals surface area contributed by atoms with Gasteiger partial charge in [-0.1, -0.05) is 6.08 Å². The minimum absolute atomic E-state index is 0.691. The average Bonchev–Trinajstić information content (AvgIpc) is 2.94. The van der Waals surface area contributed by atoms with E-state index in [1.165, 1.54) is 11.4 Å². The number of nitrogens with zero attached hydrogens (tertiary/aromatic N) is 3. The zero-order valence-electron chi connectivity index (χ0n) is 10.6. The van der Waals surface area contributed by atoms with Gasteiger partial charge in [-0.25, -0.2) is 0 Å². The van der Waals surface area contributed by atoms with E-state index >= 15 is 0 Å². The van der Waals surface area contributed by atoms with Crippen molar-refractivity contribution < 1.29 is 4.74 Å². The quantitative estimate of drug-likeness (QED) is 0.759. The fraction of sp³-hybridized carbons (Fsp3) is 0.357. The minimum Gasteiger partial charge on any atom is -0.494 e. The first-order chi connectivity index (χ1) is 8.85. The van der Waals surface area contributed by atoms with Crippen molar-refractivity contribution in [2.24, 2.45) is 4.99 Å². The second-order valence-corrected chi connectivity index (χ2v) is 4.32. The van der Waals surface area contributed by atoms with Gasteiger partial charge in [0.05, 0.1) is 24.5 Å². The molecule has 94 valence electrons. The molecule has 1 aromatic carbocycles. The second-order valence-electron chi connectivity index (χ2n) is 4.32. The summed E-state index contributed by atoms with van der Waals surface area (Å²) in [7, 11) is 0. The van der Waals surface area contributed by atoms with Gasteiger partial charge in [0.25, 0.3) is 0 Å². The van der Waals surface area contributed by atoms with E-state index in [4.69, 9.17) is 4.74 Å². The average molecular weight is 243 g/mol. The third-order valence-corrected chi connectivity index (χ3v) is 3.21. The predicted octanol–water partition coefficient (Wildman–Crippen LogP) is 2.27. The maximum Gasteiger partial charge on any atom is 0.206 e. The van der Waals surface area contributed by atoms with E-state index in [-0.39, 0.29) is 0 Å². The molecular weight excluding hydrogens is 226 g/mol. The van der Waals surface area contributed by atoms with Crippen LogP contribution in [0.5, 0.6) is 5.75 Å². The van der Waals surface area contributed by atoms with Gasteiger partial charge in [0, 0.05) is 19.2 Å². The molecule has 3 rings (SSSR count). The highest BCUT2D eigenvalue weighted by Gasteiger charge is 2.34. The second kappa shape index (κ2) is 4.37. The van der Waals surface area contributed by atoms with Gasteiger partial charge in [-0.3, -0.25) is 4.99 Å². The van der Waals surface area contributed by atoms with E-state index in [0.717, 1.165) is 31.3 Å². The Morgan fingerprint density at radius 3 is 3.11 bits per heavy atom. The summed E-state index contributed by atoms with van der Waals surface area (Å²) in [6.07, 6.45) is 1.91. The van der Waals surface area contributed by atoms with Gasteiger partial charge in [-0.2, -0.15) is 0 Å². The molecule has 0 unspecified atom stereocenters. The van der Waals surface area contributed by atoms with Crippen molar-refractivity contribution in [1.29, 1.82) is 0 Å². The normalized spacial score (nSPS) is 16.4. The Kier molecular flexibility index (Phi) is 2.70. The molecule has 0 N–H and O–H groups in total. The van der Waals surface area contributed by atoms with Gasteiger partial charge in [0.15, 0.2) is 0 Å². The first-order valence-electron chi connectivity index (χ1n) is 6.32. The molecule has 0 aromatic heterocycles. The van der Waals surface area contributed by atoms with Crippen LogP contribution in [0.15, 0.2) is 35.8 Å². The van der Waals surface area contributed by atoms with Crippen LogP contribution >= 0.6 is 0 Å². The highest BCUT2D eigenvalue weighted by atomic mass is 16.5. The minimum atomic E-state index is 0.691. The van der Waals surface area contributed by atoms with E-state index in [9.17, 15) is 0 Å². The number of hydrogen-bond donors (Lipinski definition) is 0. The fourth-order valence-electron chi connectivity index (χ4n) is 2.52. The van der Waals surface area contributed by atoms with Crippen LogP contribution in [0, 0.1) is 0 Å². The van der Waals surface area contributed by atoms with Crippen LogP contribution in [0.4, 0.5) is 11.4 Å². The number of guanidine groups is 1. The summed E-state index contributed by atoms with van der Waals surface area (Å²) in [6, 6.07) is 6.22. The highest BCUT2D eigenvalue weighted by molar-refractivity contribution is 6.17. The molecule has 2 aliphatic heterocycles. The lowest BCUT2D eigenvalue weighted by molar-refractivity contribution is 0.340. The van der Waals surface area contributed by atoms with E-state index in [2.05, 4.69) is 33.5 Å². The Balaban J connectivity index is 2.02. The van der Waals surface area contributed by atoms with E-state index < -0.39 is 0 Å². The number of hydrogen-bond acceptors (Lipinski definition) is 4. The summed E-state index contributed by atoms with van der Waals surface area (Å²) in [6.45, 7) is 9.11. The largest absolute Gasteiger partial charge is 0.494 e. The molecule has 18 heavy (non-hydrogen) atoms.